The number of fused-ring (bicyclic) bond motifs is 1. The lowest BCUT2D eigenvalue weighted by Crippen LogP contribution is -2.73. The van der Waals surface area contributed by atoms with Gasteiger partial charge in [0.05, 0.1) is 18.8 Å². The molecule has 0 unspecified atom stereocenters. The third kappa shape index (κ3) is 3.04. The number of nitrogens with zero attached hydrogens (tertiary/aromatic N) is 1. The third-order valence-corrected chi connectivity index (χ3v) is 7.51. The average molecular weight is 421 g/mol. The summed E-state index contributed by atoms with van der Waals surface area (Å²) < 4.78 is 11.1. The van der Waals surface area contributed by atoms with Gasteiger partial charge in [0.25, 0.3) is 0 Å². The topological polar surface area (TPSA) is 76.1 Å². The van der Waals surface area contributed by atoms with Gasteiger partial charge in [-0.3, -0.25) is 4.79 Å². The Kier molecular flexibility index (Phi) is 4.77. The van der Waals surface area contributed by atoms with Gasteiger partial charge in [0.15, 0.2) is 0 Å². The zero-order valence-corrected chi connectivity index (χ0v) is 17.7. The molecule has 1 saturated carbocycles. The molecule has 6 heteroatoms. The van der Waals surface area contributed by atoms with E-state index in [1.165, 1.54) is 0 Å². The first-order chi connectivity index (χ1) is 15.0. The predicted octanol–water partition coefficient (Wildman–Crippen LogP) is 3.38. The molecular formula is C25H27NO5. The maximum absolute atomic E-state index is 13.1. The Morgan fingerprint density at radius 3 is 2.77 bits per heavy atom. The monoisotopic (exact) mass is 421 g/mol. The lowest BCUT2D eigenvalue weighted by Gasteiger charge is -2.62. The summed E-state index contributed by atoms with van der Waals surface area (Å²) >= 11 is 0. The number of hydrogen-bond donors (Lipinski definition) is 1. The number of ether oxygens (including phenoxy) is 2. The number of ketones is 1. The third-order valence-electron chi connectivity index (χ3n) is 7.51. The van der Waals surface area contributed by atoms with Crippen molar-refractivity contribution in [2.75, 3.05) is 13.7 Å². The van der Waals surface area contributed by atoms with E-state index in [1.807, 2.05) is 48.5 Å². The van der Waals surface area contributed by atoms with E-state index in [0.29, 0.717) is 38.6 Å². The average Bonchev–Trinajstić information content (AvgIpc) is 2.78. The molecule has 2 aromatic rings. The van der Waals surface area contributed by atoms with Crippen molar-refractivity contribution in [3.8, 4) is 5.75 Å². The van der Waals surface area contributed by atoms with Gasteiger partial charge in [-0.15, -0.1) is 0 Å². The van der Waals surface area contributed by atoms with Gasteiger partial charge in [-0.05, 0) is 48.1 Å². The number of piperidine rings is 1. The quantitative estimate of drug-likeness (QED) is 0.822. The number of methoxy groups -OCH3 is 1. The number of hydrogen-bond acceptors (Lipinski definition) is 5. The normalized spacial score (nSPS) is 29.0. The molecule has 3 atom stereocenters. The van der Waals surface area contributed by atoms with Crippen LogP contribution in [0.25, 0.3) is 0 Å². The molecule has 162 valence electrons. The molecule has 1 saturated heterocycles. The Hall–Kier alpha value is -2.86. The van der Waals surface area contributed by atoms with Gasteiger partial charge in [0.1, 0.15) is 18.1 Å². The molecule has 2 bridgehead atoms. The van der Waals surface area contributed by atoms with E-state index in [0.717, 1.165) is 22.4 Å². The molecule has 6 nitrogen and oxygen atoms in total. The number of carbonyl (C=O) groups excluding carboxylic acids is 2. The molecule has 1 aliphatic heterocycles. The highest BCUT2D eigenvalue weighted by Crippen LogP contribution is 2.57. The molecule has 1 heterocycles. The van der Waals surface area contributed by atoms with Crippen LogP contribution in [0.1, 0.15) is 42.4 Å². The molecule has 1 N–H and O–H groups in total. The summed E-state index contributed by atoms with van der Waals surface area (Å²) in [5, 5.41) is 12.1. The fourth-order valence-electron chi connectivity index (χ4n) is 5.94. The first kappa shape index (κ1) is 20.1. The van der Waals surface area contributed by atoms with Gasteiger partial charge in [-0.2, -0.15) is 0 Å². The molecule has 31 heavy (non-hydrogen) atoms. The summed E-state index contributed by atoms with van der Waals surface area (Å²) in [6.07, 6.45) is 1.63. The highest BCUT2D eigenvalue weighted by atomic mass is 16.6. The van der Waals surface area contributed by atoms with E-state index >= 15 is 0 Å². The molecule has 0 aromatic heterocycles. The second kappa shape index (κ2) is 7.38. The van der Waals surface area contributed by atoms with E-state index in [9.17, 15) is 14.7 Å². The molecule has 2 aromatic carbocycles. The molecule has 0 spiro atoms. The van der Waals surface area contributed by atoms with Crippen LogP contribution in [-0.2, 0) is 28.0 Å². The van der Waals surface area contributed by atoms with Crippen molar-refractivity contribution in [2.45, 2.75) is 55.8 Å². The van der Waals surface area contributed by atoms with E-state index in [4.69, 9.17) is 9.47 Å². The number of rotatable bonds is 3. The van der Waals surface area contributed by atoms with Crippen LogP contribution in [0, 0.1) is 0 Å². The molecule has 3 aliphatic rings. The van der Waals surface area contributed by atoms with Crippen molar-refractivity contribution in [3.05, 3.63) is 65.2 Å². The first-order valence-corrected chi connectivity index (χ1v) is 10.9. The highest BCUT2D eigenvalue weighted by Gasteiger charge is 2.65. The van der Waals surface area contributed by atoms with Crippen LogP contribution in [-0.4, -0.2) is 47.2 Å². The lowest BCUT2D eigenvalue weighted by molar-refractivity contribution is -0.167. The Balaban J connectivity index is 1.49. The number of aliphatic hydroxyl groups is 1. The Morgan fingerprint density at radius 2 is 2.00 bits per heavy atom. The van der Waals surface area contributed by atoms with E-state index in [1.54, 1.807) is 12.0 Å². The summed E-state index contributed by atoms with van der Waals surface area (Å²) in [7, 11) is 1.62. The predicted molar refractivity (Wildman–Crippen MR) is 114 cm³/mol. The fourth-order valence-corrected chi connectivity index (χ4v) is 5.94. The molecule has 2 aliphatic carbocycles. The molecule has 5 rings (SSSR count). The minimum Gasteiger partial charge on any atom is -0.497 e. The van der Waals surface area contributed by atoms with Crippen LogP contribution in [0.3, 0.4) is 0 Å². The van der Waals surface area contributed by atoms with E-state index in [2.05, 4.69) is 0 Å². The number of amides is 1. The maximum atomic E-state index is 13.1. The van der Waals surface area contributed by atoms with Crippen molar-refractivity contribution < 1.29 is 24.2 Å². The van der Waals surface area contributed by atoms with Crippen molar-refractivity contribution in [1.82, 2.24) is 4.90 Å². The Labute approximate surface area is 181 Å². The van der Waals surface area contributed by atoms with Gasteiger partial charge < -0.3 is 19.5 Å². The summed E-state index contributed by atoms with van der Waals surface area (Å²) in [6.45, 7) is 0.642. The molecule has 2 fully saturated rings. The second-order valence-corrected chi connectivity index (χ2v) is 8.95. The van der Waals surface area contributed by atoms with Crippen LogP contribution >= 0.6 is 0 Å². The fraction of sp³-hybridized carbons (Fsp3) is 0.440. The van der Waals surface area contributed by atoms with Crippen molar-refractivity contribution >= 4 is 11.9 Å². The maximum Gasteiger partial charge on any atom is 0.410 e. The van der Waals surface area contributed by atoms with Gasteiger partial charge in [-0.25, -0.2) is 4.79 Å². The minimum atomic E-state index is -1.16. The number of carbonyl (C=O) groups is 2. The highest BCUT2D eigenvalue weighted by molar-refractivity contribution is 5.83. The largest absolute Gasteiger partial charge is 0.497 e. The first-order valence-electron chi connectivity index (χ1n) is 10.9. The molecular weight excluding hydrogens is 394 g/mol. The van der Waals surface area contributed by atoms with Crippen molar-refractivity contribution in [2.24, 2.45) is 0 Å². The summed E-state index contributed by atoms with van der Waals surface area (Å²) in [6, 6.07) is 15.0. The summed E-state index contributed by atoms with van der Waals surface area (Å²) in [4.78, 5) is 27.3. The van der Waals surface area contributed by atoms with Crippen LogP contribution in [0.4, 0.5) is 4.79 Å². The van der Waals surface area contributed by atoms with Gasteiger partial charge in [0, 0.05) is 24.8 Å². The number of Topliss-reactive ketones (excluding diaryl/α,β-unsaturated/α-hetero) is 1. The summed E-state index contributed by atoms with van der Waals surface area (Å²) in [5.74, 6) is 0.885. The zero-order valence-electron chi connectivity index (χ0n) is 17.7. The molecule has 1 amide bonds. The van der Waals surface area contributed by atoms with Crippen molar-refractivity contribution in [1.29, 1.82) is 0 Å². The van der Waals surface area contributed by atoms with E-state index < -0.39 is 23.2 Å². The second-order valence-electron chi connectivity index (χ2n) is 8.95. The Bertz CT molecular complexity index is 1020. The van der Waals surface area contributed by atoms with Crippen LogP contribution in [0.15, 0.2) is 48.5 Å². The van der Waals surface area contributed by atoms with Crippen LogP contribution in [0.5, 0.6) is 5.75 Å². The SMILES string of the molecule is COc1ccc2c(c1)[C@]13CCN(C(=O)OCc4ccccc4)[C@H](C2)[C@]1(O)CCC(=O)C3. The Morgan fingerprint density at radius 1 is 1.19 bits per heavy atom. The van der Waals surface area contributed by atoms with Gasteiger partial charge in [-0.1, -0.05) is 36.4 Å². The lowest BCUT2D eigenvalue weighted by atomic mass is 9.49. The van der Waals surface area contributed by atoms with Crippen LogP contribution in [0.2, 0.25) is 0 Å². The summed E-state index contributed by atoms with van der Waals surface area (Å²) in [5.41, 5.74) is 1.13. The standard InChI is InChI=1S/C25H27NO5/c1-30-20-8-7-18-13-22-25(29)10-9-19(27)15-24(25,21(18)14-20)11-12-26(22)23(28)31-16-17-5-3-2-4-6-17/h2-8,14,22,29H,9-13,15-16H2,1H3/t22-,24-,25-/m1/s1. The minimum absolute atomic E-state index is 0.166. The smallest absolute Gasteiger partial charge is 0.410 e. The zero-order chi connectivity index (χ0) is 21.6. The number of benzene rings is 2. The van der Waals surface area contributed by atoms with Crippen LogP contribution < -0.4 is 4.74 Å². The van der Waals surface area contributed by atoms with Crippen molar-refractivity contribution in [3.63, 3.8) is 0 Å². The van der Waals surface area contributed by atoms with E-state index in [-0.39, 0.29) is 12.4 Å². The van der Waals surface area contributed by atoms with Gasteiger partial charge in [0.2, 0.25) is 0 Å². The van der Waals surface area contributed by atoms with Gasteiger partial charge >= 0.3 is 6.09 Å². The molecule has 0 radical (unpaired) electrons. The number of likely N-dealkylation sites (tertiary alicyclic amines) is 1.